The first-order chi connectivity index (χ1) is 9.06. The predicted octanol–water partition coefficient (Wildman–Crippen LogP) is 3.88. The molecule has 5 nitrogen and oxygen atoms in total. The zero-order valence-corrected chi connectivity index (χ0v) is 11.7. The van der Waals surface area contributed by atoms with Crippen LogP contribution in [0.1, 0.15) is 32.6 Å². The van der Waals surface area contributed by atoms with Gasteiger partial charge in [0.1, 0.15) is 5.15 Å². The quantitative estimate of drug-likeness (QED) is 0.517. The van der Waals surface area contributed by atoms with E-state index < -0.39 is 4.92 Å². The summed E-state index contributed by atoms with van der Waals surface area (Å²) in [5, 5.41) is 14.3. The first-order valence-electron chi connectivity index (χ1n) is 6.61. The first kappa shape index (κ1) is 14.1. The maximum Gasteiger partial charge on any atom is 0.311 e. The summed E-state index contributed by atoms with van der Waals surface area (Å²) < 4.78 is 0. The van der Waals surface area contributed by atoms with E-state index in [0.29, 0.717) is 5.92 Å². The van der Waals surface area contributed by atoms with Crippen LogP contribution in [0.4, 0.5) is 11.5 Å². The van der Waals surface area contributed by atoms with E-state index in [1.807, 2.05) is 0 Å². The van der Waals surface area contributed by atoms with E-state index in [2.05, 4.69) is 17.2 Å². The van der Waals surface area contributed by atoms with Crippen molar-refractivity contribution < 1.29 is 4.92 Å². The lowest BCUT2D eigenvalue weighted by atomic mass is 9.83. The normalized spacial score (nSPS) is 23.1. The van der Waals surface area contributed by atoms with Crippen LogP contribution in [0.2, 0.25) is 5.15 Å². The number of anilines is 1. The van der Waals surface area contributed by atoms with E-state index in [9.17, 15) is 10.1 Å². The number of hydrogen-bond acceptors (Lipinski definition) is 4. The van der Waals surface area contributed by atoms with Crippen molar-refractivity contribution in [2.24, 2.45) is 11.8 Å². The second kappa shape index (κ2) is 6.19. The third-order valence-electron chi connectivity index (χ3n) is 3.73. The van der Waals surface area contributed by atoms with Crippen LogP contribution < -0.4 is 5.32 Å². The highest BCUT2D eigenvalue weighted by Crippen LogP contribution is 2.29. The number of aromatic nitrogens is 1. The van der Waals surface area contributed by atoms with Crippen molar-refractivity contribution in [1.82, 2.24) is 4.98 Å². The monoisotopic (exact) mass is 283 g/mol. The Morgan fingerprint density at radius 2 is 2.11 bits per heavy atom. The molecule has 0 aromatic carbocycles. The van der Waals surface area contributed by atoms with E-state index in [4.69, 9.17) is 11.6 Å². The molecule has 0 unspecified atom stereocenters. The highest BCUT2D eigenvalue weighted by atomic mass is 35.5. The Morgan fingerprint density at radius 1 is 1.42 bits per heavy atom. The van der Waals surface area contributed by atoms with E-state index in [1.54, 1.807) is 0 Å². The number of rotatable bonds is 4. The van der Waals surface area contributed by atoms with Crippen LogP contribution in [0, 0.1) is 22.0 Å². The molecule has 0 bridgehead atoms. The average Bonchev–Trinajstić information content (AvgIpc) is 2.38. The van der Waals surface area contributed by atoms with E-state index >= 15 is 0 Å². The lowest BCUT2D eigenvalue weighted by Gasteiger charge is -2.26. The number of nitro groups is 1. The highest BCUT2D eigenvalue weighted by molar-refractivity contribution is 6.29. The number of halogens is 1. The summed E-state index contributed by atoms with van der Waals surface area (Å²) >= 11 is 5.79. The van der Waals surface area contributed by atoms with Gasteiger partial charge in [-0.2, -0.15) is 0 Å². The van der Waals surface area contributed by atoms with Crippen molar-refractivity contribution in [2.45, 2.75) is 32.6 Å². The van der Waals surface area contributed by atoms with Gasteiger partial charge in [0.25, 0.3) is 0 Å². The zero-order chi connectivity index (χ0) is 13.8. The first-order valence-corrected chi connectivity index (χ1v) is 6.99. The van der Waals surface area contributed by atoms with Crippen molar-refractivity contribution in [1.29, 1.82) is 0 Å². The zero-order valence-electron chi connectivity index (χ0n) is 10.9. The largest absolute Gasteiger partial charge is 0.364 e. The van der Waals surface area contributed by atoms with Crippen LogP contribution >= 0.6 is 11.6 Å². The SMILES string of the molecule is CC1CCC(CNc2nc(Cl)ccc2[N+](=O)[O-])CC1. The topological polar surface area (TPSA) is 68.1 Å². The Morgan fingerprint density at radius 3 is 2.74 bits per heavy atom. The molecule has 2 rings (SSSR count). The molecular weight excluding hydrogens is 266 g/mol. The van der Waals surface area contributed by atoms with E-state index in [0.717, 1.165) is 12.5 Å². The predicted molar refractivity (Wildman–Crippen MR) is 75.5 cm³/mol. The molecule has 1 aromatic rings. The van der Waals surface area contributed by atoms with Gasteiger partial charge in [-0.25, -0.2) is 4.98 Å². The molecule has 0 radical (unpaired) electrons. The number of nitrogens with one attached hydrogen (secondary N) is 1. The maximum atomic E-state index is 10.9. The second-order valence-electron chi connectivity index (χ2n) is 5.27. The van der Waals surface area contributed by atoms with Crippen molar-refractivity contribution >= 4 is 23.1 Å². The van der Waals surface area contributed by atoms with E-state index in [1.165, 1.54) is 37.8 Å². The fourth-order valence-corrected chi connectivity index (χ4v) is 2.63. The van der Waals surface area contributed by atoms with Crippen LogP contribution in [-0.2, 0) is 0 Å². The molecule has 0 saturated heterocycles. The van der Waals surface area contributed by atoms with Gasteiger partial charge in [0.2, 0.25) is 5.82 Å². The number of pyridine rings is 1. The van der Waals surface area contributed by atoms with Crippen molar-refractivity contribution in [3.8, 4) is 0 Å². The van der Waals surface area contributed by atoms with Crippen LogP contribution in [0.25, 0.3) is 0 Å². The lowest BCUT2D eigenvalue weighted by molar-refractivity contribution is -0.384. The molecule has 19 heavy (non-hydrogen) atoms. The fraction of sp³-hybridized carbons (Fsp3) is 0.615. The summed E-state index contributed by atoms with van der Waals surface area (Å²) in [4.78, 5) is 14.5. The summed E-state index contributed by atoms with van der Waals surface area (Å²) in [6.45, 7) is 2.99. The van der Waals surface area contributed by atoms with Gasteiger partial charge in [-0.1, -0.05) is 31.4 Å². The highest BCUT2D eigenvalue weighted by Gasteiger charge is 2.20. The summed E-state index contributed by atoms with van der Waals surface area (Å²) in [6.07, 6.45) is 4.81. The molecule has 0 atom stereocenters. The molecule has 1 fully saturated rings. The Hall–Kier alpha value is -1.36. The van der Waals surface area contributed by atoms with Crippen LogP contribution in [0.3, 0.4) is 0 Å². The lowest BCUT2D eigenvalue weighted by Crippen LogP contribution is -2.20. The van der Waals surface area contributed by atoms with Gasteiger partial charge < -0.3 is 5.32 Å². The van der Waals surface area contributed by atoms with Gasteiger partial charge in [0.05, 0.1) is 4.92 Å². The minimum Gasteiger partial charge on any atom is -0.364 e. The van der Waals surface area contributed by atoms with Crippen LogP contribution in [-0.4, -0.2) is 16.5 Å². The summed E-state index contributed by atoms with van der Waals surface area (Å²) in [5.74, 6) is 1.64. The van der Waals surface area contributed by atoms with Crippen molar-refractivity contribution in [3.05, 3.63) is 27.4 Å². The fourth-order valence-electron chi connectivity index (χ4n) is 2.48. The minimum absolute atomic E-state index is 0.0198. The minimum atomic E-state index is -0.436. The Labute approximate surface area is 117 Å². The van der Waals surface area contributed by atoms with E-state index in [-0.39, 0.29) is 16.7 Å². The number of nitrogens with zero attached hydrogens (tertiary/aromatic N) is 2. The third-order valence-corrected chi connectivity index (χ3v) is 3.94. The molecular formula is C13H18ClN3O2. The molecule has 0 spiro atoms. The Balaban J connectivity index is 1.98. The van der Waals surface area contributed by atoms with Crippen molar-refractivity contribution in [3.63, 3.8) is 0 Å². The maximum absolute atomic E-state index is 10.9. The molecule has 1 heterocycles. The van der Waals surface area contributed by atoms with Crippen LogP contribution in [0.15, 0.2) is 12.1 Å². The second-order valence-corrected chi connectivity index (χ2v) is 5.65. The van der Waals surface area contributed by atoms with Gasteiger partial charge in [-0.3, -0.25) is 10.1 Å². The smallest absolute Gasteiger partial charge is 0.311 e. The average molecular weight is 284 g/mol. The molecule has 1 aliphatic carbocycles. The summed E-state index contributed by atoms with van der Waals surface area (Å²) in [5.41, 5.74) is -0.0198. The number of hydrogen-bond donors (Lipinski definition) is 1. The third kappa shape index (κ3) is 3.80. The summed E-state index contributed by atoms with van der Waals surface area (Å²) in [7, 11) is 0. The Kier molecular flexibility index (Phi) is 4.58. The van der Waals surface area contributed by atoms with Gasteiger partial charge in [0, 0.05) is 12.6 Å². The molecule has 1 aromatic heterocycles. The molecule has 1 N–H and O–H groups in total. The van der Waals surface area contributed by atoms with Gasteiger partial charge in [-0.15, -0.1) is 0 Å². The Bertz CT molecular complexity index is 459. The van der Waals surface area contributed by atoms with Gasteiger partial charge in [0.15, 0.2) is 0 Å². The summed E-state index contributed by atoms with van der Waals surface area (Å²) in [6, 6.07) is 2.83. The van der Waals surface area contributed by atoms with Crippen molar-refractivity contribution in [2.75, 3.05) is 11.9 Å². The molecule has 6 heteroatoms. The van der Waals surface area contributed by atoms with Crippen LogP contribution in [0.5, 0.6) is 0 Å². The molecule has 0 amide bonds. The van der Waals surface area contributed by atoms with Gasteiger partial charge in [-0.05, 0) is 30.7 Å². The molecule has 0 aliphatic heterocycles. The van der Waals surface area contributed by atoms with Gasteiger partial charge >= 0.3 is 5.69 Å². The molecule has 104 valence electrons. The molecule has 1 saturated carbocycles. The molecule has 1 aliphatic rings. The standard InChI is InChI=1S/C13H18ClN3O2/c1-9-2-4-10(5-3-9)8-15-13-11(17(18)19)6-7-12(14)16-13/h6-7,9-10H,2-5,8H2,1H3,(H,15,16).